The Bertz CT molecular complexity index is 1150. The molecule has 2 heterocycles. The second kappa shape index (κ2) is 10.1. The molecule has 0 bridgehead atoms. The van der Waals surface area contributed by atoms with Gasteiger partial charge in [0.1, 0.15) is 6.54 Å². The molecule has 1 aromatic heterocycles. The highest BCUT2D eigenvalue weighted by Gasteiger charge is 2.36. The molecule has 0 atom stereocenters. The Kier molecular flexibility index (Phi) is 7.28. The van der Waals surface area contributed by atoms with Gasteiger partial charge >= 0.3 is 11.7 Å². The monoisotopic (exact) mass is 473 g/mol. The summed E-state index contributed by atoms with van der Waals surface area (Å²) in [5, 5.41) is 10.6. The summed E-state index contributed by atoms with van der Waals surface area (Å²) in [6.07, 6.45) is 2.46. The van der Waals surface area contributed by atoms with Gasteiger partial charge in [-0.05, 0) is 55.4 Å². The first-order valence-electron chi connectivity index (χ1n) is 9.59. The maximum Gasteiger partial charge on any atom is 0.331 e. The van der Waals surface area contributed by atoms with Crippen molar-refractivity contribution in [3.63, 3.8) is 0 Å². The second-order valence-electron chi connectivity index (χ2n) is 6.90. The number of carbonyl (C=O) groups excluding carboxylic acids is 3. The van der Waals surface area contributed by atoms with Gasteiger partial charge in [0, 0.05) is 12.3 Å². The SMILES string of the molecule is COc1cc(C=C2SC(=O)N(CC(=O)OC(C)C)C2=O)ccc1Oc1ncccc1[N+](=O)[O-]. The normalized spacial score (nSPS) is 14.7. The molecule has 2 amide bonds. The molecular weight excluding hydrogens is 454 g/mol. The Morgan fingerprint density at radius 1 is 1.27 bits per heavy atom. The van der Waals surface area contributed by atoms with Crippen LogP contribution in [0, 0.1) is 10.1 Å². The minimum absolute atomic E-state index is 0.119. The third-order valence-electron chi connectivity index (χ3n) is 4.17. The number of amides is 2. The summed E-state index contributed by atoms with van der Waals surface area (Å²) in [5.41, 5.74) is 0.193. The number of benzene rings is 1. The fourth-order valence-electron chi connectivity index (χ4n) is 2.78. The number of imide groups is 1. The summed E-state index contributed by atoms with van der Waals surface area (Å²) in [7, 11) is 1.38. The molecule has 0 saturated carbocycles. The summed E-state index contributed by atoms with van der Waals surface area (Å²) in [6.45, 7) is 2.86. The lowest BCUT2D eigenvalue weighted by Gasteiger charge is -2.13. The van der Waals surface area contributed by atoms with Crippen LogP contribution in [0.5, 0.6) is 17.4 Å². The molecule has 0 unspecified atom stereocenters. The summed E-state index contributed by atoms with van der Waals surface area (Å²) >= 11 is 0.697. The van der Waals surface area contributed by atoms with E-state index in [-0.39, 0.29) is 34.1 Å². The smallest absolute Gasteiger partial charge is 0.331 e. The van der Waals surface area contributed by atoms with Crippen LogP contribution in [0.2, 0.25) is 0 Å². The highest BCUT2D eigenvalue weighted by Crippen LogP contribution is 2.37. The van der Waals surface area contributed by atoms with Crippen LogP contribution in [0.15, 0.2) is 41.4 Å². The molecule has 12 heteroatoms. The minimum atomic E-state index is -0.680. The van der Waals surface area contributed by atoms with Gasteiger partial charge in [0.25, 0.3) is 17.0 Å². The molecule has 1 aliphatic rings. The van der Waals surface area contributed by atoms with Gasteiger partial charge in [-0.25, -0.2) is 4.98 Å². The number of thioether (sulfide) groups is 1. The average molecular weight is 473 g/mol. The van der Waals surface area contributed by atoms with Crippen molar-refractivity contribution in [2.75, 3.05) is 13.7 Å². The van der Waals surface area contributed by atoms with Crippen molar-refractivity contribution >= 4 is 40.6 Å². The van der Waals surface area contributed by atoms with Crippen molar-refractivity contribution in [2.45, 2.75) is 20.0 Å². The quantitative estimate of drug-likeness (QED) is 0.241. The fraction of sp³-hybridized carbons (Fsp3) is 0.238. The first kappa shape index (κ1) is 23.7. The van der Waals surface area contributed by atoms with Gasteiger partial charge in [-0.15, -0.1) is 0 Å². The molecule has 11 nitrogen and oxygen atoms in total. The van der Waals surface area contributed by atoms with Crippen LogP contribution in [-0.4, -0.2) is 51.7 Å². The zero-order chi connectivity index (χ0) is 24.1. The van der Waals surface area contributed by atoms with Gasteiger partial charge in [0.2, 0.25) is 0 Å². The molecule has 1 aromatic carbocycles. The number of esters is 1. The van der Waals surface area contributed by atoms with Crippen molar-refractivity contribution in [2.24, 2.45) is 0 Å². The van der Waals surface area contributed by atoms with E-state index in [1.54, 1.807) is 19.9 Å². The van der Waals surface area contributed by atoms with Gasteiger partial charge in [-0.1, -0.05) is 6.07 Å². The number of ether oxygens (including phenoxy) is 3. The zero-order valence-corrected chi connectivity index (χ0v) is 18.7. The van der Waals surface area contributed by atoms with Crippen molar-refractivity contribution < 1.29 is 33.5 Å². The molecule has 172 valence electrons. The van der Waals surface area contributed by atoms with Crippen LogP contribution >= 0.6 is 11.8 Å². The topological polar surface area (TPSA) is 138 Å². The van der Waals surface area contributed by atoms with E-state index in [4.69, 9.17) is 14.2 Å². The van der Waals surface area contributed by atoms with Crippen molar-refractivity contribution in [1.82, 2.24) is 9.88 Å². The minimum Gasteiger partial charge on any atom is -0.493 e. The molecule has 0 aliphatic carbocycles. The highest BCUT2D eigenvalue weighted by atomic mass is 32.2. The molecule has 0 spiro atoms. The summed E-state index contributed by atoms with van der Waals surface area (Å²) in [6, 6.07) is 7.28. The van der Waals surface area contributed by atoms with Crippen molar-refractivity contribution in [3.05, 3.63) is 57.1 Å². The number of pyridine rings is 1. The molecule has 2 aromatic rings. The number of carbonyl (C=O) groups is 3. The van der Waals surface area contributed by atoms with E-state index in [0.717, 1.165) is 4.90 Å². The van der Waals surface area contributed by atoms with E-state index in [0.29, 0.717) is 17.3 Å². The molecule has 1 saturated heterocycles. The van der Waals surface area contributed by atoms with Crippen LogP contribution in [-0.2, 0) is 14.3 Å². The van der Waals surface area contributed by atoms with E-state index < -0.39 is 28.6 Å². The molecule has 0 N–H and O–H groups in total. The summed E-state index contributed by atoms with van der Waals surface area (Å²) in [5.74, 6) is -1.11. The van der Waals surface area contributed by atoms with Gasteiger partial charge in [0.05, 0.1) is 23.0 Å². The van der Waals surface area contributed by atoms with E-state index >= 15 is 0 Å². The standard InChI is InChI=1S/C21H19N3O8S/c1-12(2)31-18(25)11-23-20(26)17(33-21(23)27)10-13-6-7-15(16(9-13)30-3)32-19-14(24(28)29)5-4-8-22-19/h4-10,12H,11H2,1-3H3. The molecule has 33 heavy (non-hydrogen) atoms. The largest absolute Gasteiger partial charge is 0.493 e. The Morgan fingerprint density at radius 2 is 2.03 bits per heavy atom. The molecule has 0 radical (unpaired) electrons. The predicted octanol–water partition coefficient (Wildman–Crippen LogP) is 3.78. The van der Waals surface area contributed by atoms with Gasteiger partial charge in [-0.3, -0.25) is 29.4 Å². The predicted molar refractivity (Wildman–Crippen MR) is 118 cm³/mol. The van der Waals surface area contributed by atoms with E-state index in [1.807, 2.05) is 0 Å². The van der Waals surface area contributed by atoms with Gasteiger partial charge < -0.3 is 14.2 Å². The first-order valence-corrected chi connectivity index (χ1v) is 10.4. The zero-order valence-electron chi connectivity index (χ0n) is 17.8. The Balaban J connectivity index is 1.81. The van der Waals surface area contributed by atoms with E-state index in [9.17, 15) is 24.5 Å². The number of nitro groups is 1. The number of nitrogens with zero attached hydrogens (tertiary/aromatic N) is 3. The van der Waals surface area contributed by atoms with Crippen LogP contribution in [0.3, 0.4) is 0 Å². The molecule has 1 fully saturated rings. The number of hydrogen-bond donors (Lipinski definition) is 0. The molecular formula is C21H19N3O8S. The first-order chi connectivity index (χ1) is 15.7. The second-order valence-corrected chi connectivity index (χ2v) is 7.90. The molecule has 1 aliphatic heterocycles. The third kappa shape index (κ3) is 5.66. The van der Waals surface area contributed by atoms with E-state index in [2.05, 4.69) is 4.98 Å². The summed E-state index contributed by atoms with van der Waals surface area (Å²) in [4.78, 5) is 52.0. The van der Waals surface area contributed by atoms with Crippen LogP contribution in [0.1, 0.15) is 19.4 Å². The lowest BCUT2D eigenvalue weighted by Crippen LogP contribution is -2.35. The third-order valence-corrected chi connectivity index (χ3v) is 5.08. The summed E-state index contributed by atoms with van der Waals surface area (Å²) < 4.78 is 15.8. The number of methoxy groups -OCH3 is 1. The fourth-order valence-corrected chi connectivity index (χ4v) is 3.62. The van der Waals surface area contributed by atoms with Crippen LogP contribution in [0.4, 0.5) is 10.5 Å². The maximum absolute atomic E-state index is 12.6. The van der Waals surface area contributed by atoms with E-state index in [1.165, 1.54) is 43.6 Å². The average Bonchev–Trinajstić information content (AvgIpc) is 3.01. The van der Waals surface area contributed by atoms with Gasteiger partial charge in [-0.2, -0.15) is 0 Å². The number of aromatic nitrogens is 1. The van der Waals surface area contributed by atoms with Gasteiger partial charge in [0.15, 0.2) is 11.5 Å². The van der Waals surface area contributed by atoms with Crippen LogP contribution in [0.25, 0.3) is 6.08 Å². The lowest BCUT2D eigenvalue weighted by molar-refractivity contribution is -0.386. The van der Waals surface area contributed by atoms with Crippen LogP contribution < -0.4 is 9.47 Å². The van der Waals surface area contributed by atoms with Crippen molar-refractivity contribution in [1.29, 1.82) is 0 Å². The Morgan fingerprint density at radius 3 is 2.70 bits per heavy atom. The maximum atomic E-state index is 12.6. The number of hydrogen-bond acceptors (Lipinski definition) is 10. The highest BCUT2D eigenvalue weighted by molar-refractivity contribution is 8.18. The van der Waals surface area contributed by atoms with Crippen molar-refractivity contribution in [3.8, 4) is 17.4 Å². The number of rotatable bonds is 8. The molecule has 3 rings (SSSR count). The Hall–Kier alpha value is -3.93. The lowest BCUT2D eigenvalue weighted by atomic mass is 10.2. The Labute approximate surface area is 192 Å².